The molecule has 1 aliphatic heterocycles. The van der Waals surface area contributed by atoms with Gasteiger partial charge in [-0.25, -0.2) is 15.0 Å². The van der Waals surface area contributed by atoms with Crippen molar-refractivity contribution >= 4 is 17.4 Å². The predicted octanol–water partition coefficient (Wildman–Crippen LogP) is 2.16. The zero-order valence-electron chi connectivity index (χ0n) is 17.2. The number of aryl methyl sites for hydroxylation is 1. The van der Waals surface area contributed by atoms with Gasteiger partial charge in [-0.2, -0.15) is 0 Å². The normalized spacial score (nSPS) is 16.1. The minimum absolute atomic E-state index is 0.102. The molecule has 4 aromatic heterocycles. The summed E-state index contributed by atoms with van der Waals surface area (Å²) in [6.07, 6.45) is 7.75. The molecule has 1 amide bonds. The summed E-state index contributed by atoms with van der Waals surface area (Å²) in [4.78, 5) is 29.7. The maximum absolute atomic E-state index is 12.9. The lowest BCUT2D eigenvalue weighted by molar-refractivity contribution is 0.0946. The van der Waals surface area contributed by atoms with Gasteiger partial charge in [0.1, 0.15) is 17.0 Å². The Balaban J connectivity index is 1.57. The molecule has 9 heteroatoms. The fraction of sp³-hybridized carbons (Fsp3) is 0.273. The van der Waals surface area contributed by atoms with E-state index in [4.69, 9.17) is 10.7 Å². The van der Waals surface area contributed by atoms with E-state index in [1.165, 1.54) is 0 Å². The molecular weight excluding hydrogens is 392 g/mol. The number of fused-ring (bicyclic) bond motifs is 1. The topological polar surface area (TPSA) is 126 Å². The van der Waals surface area contributed by atoms with Crippen molar-refractivity contribution in [1.29, 1.82) is 0 Å². The number of aromatic nitrogens is 5. The molecule has 1 aliphatic rings. The zero-order chi connectivity index (χ0) is 21.4. The second kappa shape index (κ2) is 7.84. The van der Waals surface area contributed by atoms with Crippen LogP contribution in [0.15, 0.2) is 42.9 Å². The van der Waals surface area contributed by atoms with E-state index in [-0.39, 0.29) is 23.5 Å². The van der Waals surface area contributed by atoms with Crippen LogP contribution in [-0.2, 0) is 0 Å². The highest BCUT2D eigenvalue weighted by molar-refractivity contribution is 5.98. The van der Waals surface area contributed by atoms with Crippen molar-refractivity contribution in [3.8, 4) is 22.6 Å². The van der Waals surface area contributed by atoms with Gasteiger partial charge in [-0.1, -0.05) is 0 Å². The van der Waals surface area contributed by atoms with Gasteiger partial charge >= 0.3 is 0 Å². The lowest BCUT2D eigenvalue weighted by Crippen LogP contribution is -2.37. The number of rotatable bonds is 5. The standard InChI is InChI=1S/C22H24N8O/c1-13-10-26-17-7-6-14(12-30(13)17)18-19(16-5-3-9-25-16)29-21(23)20(28-18)22(31)27-11-15-4-2-8-24-15/h3,5-7,9-10,12,15,24-25H,2,4,8,11H2,1H3,(H2,23,29)(H,27,31). The van der Waals surface area contributed by atoms with E-state index in [0.29, 0.717) is 17.9 Å². The Kier molecular flexibility index (Phi) is 4.87. The van der Waals surface area contributed by atoms with Crippen molar-refractivity contribution in [3.63, 3.8) is 0 Å². The summed E-state index contributed by atoms with van der Waals surface area (Å²) < 4.78 is 1.98. The highest BCUT2D eigenvalue weighted by Gasteiger charge is 2.22. The number of carbonyl (C=O) groups excluding carboxylic acids is 1. The van der Waals surface area contributed by atoms with Crippen molar-refractivity contribution in [3.05, 3.63) is 54.2 Å². The molecule has 31 heavy (non-hydrogen) atoms. The summed E-state index contributed by atoms with van der Waals surface area (Å²) >= 11 is 0. The number of hydrogen-bond donors (Lipinski definition) is 4. The highest BCUT2D eigenvalue weighted by Crippen LogP contribution is 2.30. The summed E-state index contributed by atoms with van der Waals surface area (Å²) in [5.41, 5.74) is 10.9. The molecule has 0 bridgehead atoms. The molecule has 4 aromatic rings. The average molecular weight is 416 g/mol. The lowest BCUT2D eigenvalue weighted by atomic mass is 10.1. The fourth-order valence-electron chi connectivity index (χ4n) is 3.96. The maximum atomic E-state index is 12.9. The molecule has 1 unspecified atom stereocenters. The number of H-pyrrole nitrogens is 1. The number of nitrogens with two attached hydrogens (primary N) is 1. The molecule has 5 N–H and O–H groups in total. The Labute approximate surface area is 179 Å². The molecule has 1 saturated heterocycles. The van der Waals surface area contributed by atoms with Gasteiger partial charge in [0.2, 0.25) is 0 Å². The van der Waals surface area contributed by atoms with Crippen LogP contribution in [0.4, 0.5) is 5.82 Å². The summed E-state index contributed by atoms with van der Waals surface area (Å²) in [6.45, 7) is 3.50. The van der Waals surface area contributed by atoms with Gasteiger partial charge in [0.15, 0.2) is 11.5 Å². The minimum atomic E-state index is -0.321. The first-order valence-electron chi connectivity index (χ1n) is 10.4. The molecule has 0 saturated carbocycles. The molecule has 158 valence electrons. The number of pyridine rings is 1. The second-order valence-electron chi connectivity index (χ2n) is 7.79. The van der Waals surface area contributed by atoms with Gasteiger partial charge in [0, 0.05) is 42.4 Å². The number of carbonyl (C=O) groups is 1. The number of amides is 1. The molecule has 9 nitrogen and oxygen atoms in total. The van der Waals surface area contributed by atoms with Crippen molar-refractivity contribution < 1.29 is 4.79 Å². The van der Waals surface area contributed by atoms with E-state index >= 15 is 0 Å². The highest BCUT2D eigenvalue weighted by atomic mass is 16.1. The van der Waals surface area contributed by atoms with E-state index in [9.17, 15) is 4.79 Å². The van der Waals surface area contributed by atoms with E-state index in [1.54, 1.807) is 0 Å². The average Bonchev–Trinajstić information content (AvgIpc) is 3.55. The van der Waals surface area contributed by atoms with E-state index in [1.807, 2.05) is 54.2 Å². The number of nitrogen functional groups attached to an aromatic ring is 1. The Morgan fingerprint density at radius 1 is 1.29 bits per heavy atom. The van der Waals surface area contributed by atoms with E-state index in [0.717, 1.165) is 42.0 Å². The van der Waals surface area contributed by atoms with Gasteiger partial charge in [-0.15, -0.1) is 0 Å². The number of hydrogen-bond acceptors (Lipinski definition) is 6. The van der Waals surface area contributed by atoms with Crippen LogP contribution >= 0.6 is 0 Å². The van der Waals surface area contributed by atoms with Crippen LogP contribution in [0, 0.1) is 6.92 Å². The van der Waals surface area contributed by atoms with Crippen LogP contribution in [0.3, 0.4) is 0 Å². The number of nitrogens with one attached hydrogen (secondary N) is 3. The molecule has 1 fully saturated rings. The van der Waals surface area contributed by atoms with Gasteiger partial charge in [-0.05, 0) is 50.6 Å². The maximum Gasteiger partial charge on any atom is 0.273 e. The van der Waals surface area contributed by atoms with Crippen molar-refractivity contribution in [2.24, 2.45) is 0 Å². The van der Waals surface area contributed by atoms with Crippen LogP contribution in [0.2, 0.25) is 0 Å². The molecule has 0 aromatic carbocycles. The van der Waals surface area contributed by atoms with Crippen LogP contribution in [0.1, 0.15) is 29.0 Å². The van der Waals surface area contributed by atoms with Crippen LogP contribution in [0.25, 0.3) is 28.3 Å². The minimum Gasteiger partial charge on any atom is -0.382 e. The molecule has 0 radical (unpaired) electrons. The Morgan fingerprint density at radius 2 is 2.19 bits per heavy atom. The summed E-state index contributed by atoms with van der Waals surface area (Å²) in [5.74, 6) is -0.219. The molecule has 0 aliphatic carbocycles. The third-order valence-electron chi connectivity index (χ3n) is 5.63. The fourth-order valence-corrected chi connectivity index (χ4v) is 3.96. The summed E-state index contributed by atoms with van der Waals surface area (Å²) in [5, 5.41) is 6.31. The van der Waals surface area contributed by atoms with Crippen LogP contribution < -0.4 is 16.4 Å². The Hall–Kier alpha value is -3.72. The Bertz CT molecular complexity index is 1240. The number of aromatic amines is 1. The third-order valence-corrected chi connectivity index (χ3v) is 5.63. The first kappa shape index (κ1) is 19.3. The first-order chi connectivity index (χ1) is 15.1. The van der Waals surface area contributed by atoms with E-state index in [2.05, 4.69) is 25.6 Å². The molecule has 0 spiro atoms. The number of anilines is 1. The molecule has 5 rings (SSSR count). The second-order valence-corrected chi connectivity index (χ2v) is 7.79. The largest absolute Gasteiger partial charge is 0.382 e. The van der Waals surface area contributed by atoms with Crippen molar-refractivity contribution in [2.45, 2.75) is 25.8 Å². The lowest BCUT2D eigenvalue weighted by Gasteiger charge is -2.14. The van der Waals surface area contributed by atoms with Crippen molar-refractivity contribution in [1.82, 2.24) is 35.0 Å². The number of imidazole rings is 1. The Morgan fingerprint density at radius 3 is 2.97 bits per heavy atom. The van der Waals surface area contributed by atoms with Crippen molar-refractivity contribution in [2.75, 3.05) is 18.8 Å². The van der Waals surface area contributed by atoms with Gasteiger partial charge in [-0.3, -0.25) is 4.79 Å². The van der Waals surface area contributed by atoms with Crippen LogP contribution in [0.5, 0.6) is 0 Å². The monoisotopic (exact) mass is 416 g/mol. The SMILES string of the molecule is Cc1cnc2ccc(-c3nc(C(=O)NCC4CCCN4)c(N)nc3-c3ccc[nH]3)cn12. The van der Waals surface area contributed by atoms with Gasteiger partial charge in [0.05, 0.1) is 5.69 Å². The van der Waals surface area contributed by atoms with Crippen LogP contribution in [-0.4, -0.2) is 49.4 Å². The molecule has 1 atom stereocenters. The quantitative estimate of drug-likeness (QED) is 0.395. The van der Waals surface area contributed by atoms with Gasteiger partial charge in [0.25, 0.3) is 5.91 Å². The first-order valence-corrected chi connectivity index (χ1v) is 10.4. The zero-order valence-corrected chi connectivity index (χ0v) is 17.2. The summed E-state index contributed by atoms with van der Waals surface area (Å²) in [7, 11) is 0. The predicted molar refractivity (Wildman–Crippen MR) is 119 cm³/mol. The summed E-state index contributed by atoms with van der Waals surface area (Å²) in [6, 6.07) is 7.92. The smallest absolute Gasteiger partial charge is 0.273 e. The molecule has 5 heterocycles. The molecular formula is C22H24N8O. The van der Waals surface area contributed by atoms with Gasteiger partial charge < -0.3 is 25.8 Å². The third kappa shape index (κ3) is 3.64. The number of nitrogens with zero attached hydrogens (tertiary/aromatic N) is 4. The van der Waals surface area contributed by atoms with E-state index < -0.39 is 0 Å².